The largest absolute Gasteiger partial charge is 0.493 e. The summed E-state index contributed by atoms with van der Waals surface area (Å²) in [4.78, 5) is 2.57. The first-order valence-corrected chi connectivity index (χ1v) is 11.6. The summed E-state index contributed by atoms with van der Waals surface area (Å²) in [5.41, 5.74) is 2.30. The van der Waals surface area contributed by atoms with E-state index in [0.29, 0.717) is 18.4 Å². The van der Waals surface area contributed by atoms with Crippen LogP contribution in [0, 0.1) is 11.7 Å². The van der Waals surface area contributed by atoms with Crippen molar-refractivity contribution in [3.05, 3.63) is 65.5 Å². The Balaban J connectivity index is 1.73. The predicted molar refractivity (Wildman–Crippen MR) is 126 cm³/mol. The molecule has 0 aromatic heterocycles. The molecule has 1 saturated heterocycles. The van der Waals surface area contributed by atoms with Gasteiger partial charge in [0.15, 0.2) is 11.5 Å². The van der Waals surface area contributed by atoms with Crippen LogP contribution in [-0.4, -0.2) is 38.3 Å². The fourth-order valence-corrected chi connectivity index (χ4v) is 4.51. The van der Waals surface area contributed by atoms with E-state index in [1.165, 1.54) is 24.8 Å². The standard InChI is InChI=1S/C27H36FNO2/c1-4-6-7-16-29-17-15-25(22-10-12-24(28)13-11-22)23(19-29)20-31-26-14-9-21(8-5-2)18-27(26)30-3/h5,8-14,18,23,25H,4,6-7,15-17,19-20H2,1-3H3/t23-,25-/m1/s1. The van der Waals surface area contributed by atoms with Gasteiger partial charge in [0.25, 0.3) is 0 Å². The summed E-state index contributed by atoms with van der Waals surface area (Å²) < 4.78 is 25.3. The molecule has 0 aliphatic carbocycles. The molecule has 2 aromatic carbocycles. The minimum Gasteiger partial charge on any atom is -0.493 e. The Morgan fingerprint density at radius 1 is 1.10 bits per heavy atom. The molecule has 168 valence electrons. The summed E-state index contributed by atoms with van der Waals surface area (Å²) in [6.07, 6.45) is 8.88. The Kier molecular flexibility index (Phi) is 8.96. The van der Waals surface area contributed by atoms with Gasteiger partial charge in [0.2, 0.25) is 0 Å². The summed E-state index contributed by atoms with van der Waals surface area (Å²) in [6.45, 7) is 8.09. The fourth-order valence-electron chi connectivity index (χ4n) is 4.51. The molecule has 31 heavy (non-hydrogen) atoms. The van der Waals surface area contributed by atoms with Crippen LogP contribution in [0.4, 0.5) is 4.39 Å². The van der Waals surface area contributed by atoms with E-state index in [0.717, 1.165) is 43.1 Å². The number of piperidine rings is 1. The number of benzene rings is 2. The first-order valence-electron chi connectivity index (χ1n) is 11.6. The van der Waals surface area contributed by atoms with Gasteiger partial charge in [0.1, 0.15) is 5.82 Å². The quantitative estimate of drug-likeness (QED) is 0.403. The van der Waals surface area contributed by atoms with Crippen molar-refractivity contribution < 1.29 is 13.9 Å². The monoisotopic (exact) mass is 425 g/mol. The lowest BCUT2D eigenvalue weighted by Gasteiger charge is -2.39. The third-order valence-corrected chi connectivity index (χ3v) is 6.19. The van der Waals surface area contributed by atoms with Crippen molar-refractivity contribution in [2.75, 3.05) is 33.4 Å². The van der Waals surface area contributed by atoms with E-state index in [-0.39, 0.29) is 5.82 Å². The van der Waals surface area contributed by atoms with Gasteiger partial charge in [-0.05, 0) is 74.2 Å². The van der Waals surface area contributed by atoms with Gasteiger partial charge in [-0.25, -0.2) is 4.39 Å². The van der Waals surface area contributed by atoms with Crippen molar-refractivity contribution in [2.45, 2.75) is 45.4 Å². The van der Waals surface area contributed by atoms with E-state index < -0.39 is 0 Å². The predicted octanol–water partition coefficient (Wildman–Crippen LogP) is 6.54. The van der Waals surface area contributed by atoms with Crippen molar-refractivity contribution in [1.29, 1.82) is 0 Å². The molecule has 0 bridgehead atoms. The molecule has 1 aliphatic rings. The van der Waals surface area contributed by atoms with Gasteiger partial charge in [0.05, 0.1) is 13.7 Å². The molecule has 3 rings (SSSR count). The highest BCUT2D eigenvalue weighted by atomic mass is 19.1. The third-order valence-electron chi connectivity index (χ3n) is 6.19. The van der Waals surface area contributed by atoms with Crippen LogP contribution in [-0.2, 0) is 0 Å². The van der Waals surface area contributed by atoms with Crippen molar-refractivity contribution in [3.8, 4) is 11.5 Å². The number of nitrogens with zero attached hydrogens (tertiary/aromatic N) is 1. The lowest BCUT2D eigenvalue weighted by molar-refractivity contribution is 0.108. The number of unbranched alkanes of at least 4 members (excludes halogenated alkanes) is 2. The molecule has 4 heteroatoms. The minimum atomic E-state index is -0.181. The van der Waals surface area contributed by atoms with Crippen LogP contribution in [0.15, 0.2) is 48.5 Å². The van der Waals surface area contributed by atoms with Crippen LogP contribution >= 0.6 is 0 Å². The highest BCUT2D eigenvalue weighted by molar-refractivity contribution is 5.55. The van der Waals surface area contributed by atoms with Gasteiger partial charge in [0, 0.05) is 12.5 Å². The van der Waals surface area contributed by atoms with Crippen LogP contribution in [0.1, 0.15) is 56.6 Å². The molecule has 0 saturated carbocycles. The Hall–Kier alpha value is -2.33. The lowest BCUT2D eigenvalue weighted by Crippen LogP contribution is -2.42. The number of likely N-dealkylation sites (tertiary alicyclic amines) is 1. The Morgan fingerprint density at radius 2 is 1.90 bits per heavy atom. The topological polar surface area (TPSA) is 21.7 Å². The summed E-state index contributed by atoms with van der Waals surface area (Å²) in [7, 11) is 1.68. The maximum absolute atomic E-state index is 13.5. The highest BCUT2D eigenvalue weighted by Gasteiger charge is 2.31. The molecule has 2 atom stereocenters. The van der Waals surface area contributed by atoms with Crippen LogP contribution in [0.2, 0.25) is 0 Å². The number of rotatable bonds is 10. The van der Waals surface area contributed by atoms with Gasteiger partial charge >= 0.3 is 0 Å². The number of allylic oxidation sites excluding steroid dienone is 1. The summed E-state index contributed by atoms with van der Waals surface area (Å²) >= 11 is 0. The smallest absolute Gasteiger partial charge is 0.161 e. The SMILES string of the molecule is CC=Cc1ccc(OC[C@H]2CN(CCCCC)CC[C@@H]2c2ccc(F)cc2)c(OC)c1. The van der Waals surface area contributed by atoms with Crippen LogP contribution in [0.25, 0.3) is 6.08 Å². The molecular weight excluding hydrogens is 389 g/mol. The molecule has 1 fully saturated rings. The van der Waals surface area contributed by atoms with Gasteiger partial charge in [-0.15, -0.1) is 0 Å². The van der Waals surface area contributed by atoms with Gasteiger partial charge < -0.3 is 14.4 Å². The lowest BCUT2D eigenvalue weighted by atomic mass is 9.80. The average molecular weight is 426 g/mol. The van der Waals surface area contributed by atoms with Gasteiger partial charge in [-0.3, -0.25) is 0 Å². The average Bonchev–Trinajstić information content (AvgIpc) is 2.79. The van der Waals surface area contributed by atoms with Gasteiger partial charge in [-0.1, -0.05) is 50.1 Å². The summed E-state index contributed by atoms with van der Waals surface area (Å²) in [5, 5.41) is 0. The number of ether oxygens (including phenoxy) is 2. The highest BCUT2D eigenvalue weighted by Crippen LogP contribution is 2.35. The van der Waals surface area contributed by atoms with Gasteiger partial charge in [-0.2, -0.15) is 0 Å². The molecule has 0 spiro atoms. The van der Waals surface area contributed by atoms with Crippen molar-refractivity contribution in [3.63, 3.8) is 0 Å². The molecule has 2 aromatic rings. The van der Waals surface area contributed by atoms with E-state index in [1.54, 1.807) is 19.2 Å². The van der Waals surface area contributed by atoms with Crippen LogP contribution in [0.5, 0.6) is 11.5 Å². The molecule has 0 unspecified atom stereocenters. The Morgan fingerprint density at radius 3 is 2.61 bits per heavy atom. The molecule has 3 nitrogen and oxygen atoms in total. The Labute approximate surface area is 186 Å². The molecule has 1 heterocycles. The normalized spacial score (nSPS) is 19.6. The molecule has 1 aliphatic heterocycles. The number of hydrogen-bond donors (Lipinski definition) is 0. The second-order valence-electron chi connectivity index (χ2n) is 8.44. The number of methoxy groups -OCH3 is 1. The third kappa shape index (κ3) is 6.57. The Bertz CT molecular complexity index is 834. The fraction of sp³-hybridized carbons (Fsp3) is 0.481. The number of halogens is 1. The first-order chi connectivity index (χ1) is 15.1. The van der Waals surface area contributed by atoms with E-state index >= 15 is 0 Å². The van der Waals surface area contributed by atoms with E-state index in [4.69, 9.17) is 9.47 Å². The molecule has 0 amide bonds. The molecule has 0 N–H and O–H groups in total. The molecule has 0 radical (unpaired) electrons. The number of hydrogen-bond acceptors (Lipinski definition) is 3. The van der Waals surface area contributed by atoms with Crippen molar-refractivity contribution >= 4 is 6.08 Å². The molecular formula is C27H36FNO2. The zero-order valence-corrected chi connectivity index (χ0v) is 19.1. The van der Waals surface area contributed by atoms with Crippen LogP contribution in [0.3, 0.4) is 0 Å². The first kappa shape index (κ1) is 23.3. The summed E-state index contributed by atoms with van der Waals surface area (Å²) in [5.74, 6) is 2.07. The van der Waals surface area contributed by atoms with E-state index in [9.17, 15) is 4.39 Å². The second kappa shape index (κ2) is 11.9. The second-order valence-corrected chi connectivity index (χ2v) is 8.44. The summed E-state index contributed by atoms with van der Waals surface area (Å²) in [6, 6.07) is 13.1. The zero-order valence-electron chi connectivity index (χ0n) is 19.1. The van der Waals surface area contributed by atoms with Crippen LogP contribution < -0.4 is 9.47 Å². The van der Waals surface area contributed by atoms with E-state index in [2.05, 4.69) is 11.8 Å². The van der Waals surface area contributed by atoms with Crippen molar-refractivity contribution in [2.24, 2.45) is 5.92 Å². The minimum absolute atomic E-state index is 0.181. The maximum Gasteiger partial charge on any atom is 0.161 e. The maximum atomic E-state index is 13.5. The van der Waals surface area contributed by atoms with E-state index in [1.807, 2.05) is 49.4 Å². The van der Waals surface area contributed by atoms with Crippen molar-refractivity contribution in [1.82, 2.24) is 4.90 Å². The zero-order chi connectivity index (χ0) is 22.1.